The van der Waals surface area contributed by atoms with E-state index >= 15 is 0 Å². The molecule has 1 N–H and O–H groups in total. The molecule has 5 nitrogen and oxygen atoms in total. The predicted octanol–water partition coefficient (Wildman–Crippen LogP) is 0.390. The fourth-order valence-corrected chi connectivity index (χ4v) is 1.47. The second-order valence-corrected chi connectivity index (χ2v) is 3.08. The summed E-state index contributed by atoms with van der Waals surface area (Å²) in [5, 5.41) is 2.08. The zero-order valence-corrected chi connectivity index (χ0v) is 8.06. The summed E-state index contributed by atoms with van der Waals surface area (Å²) < 4.78 is 0. The summed E-state index contributed by atoms with van der Waals surface area (Å²) in [4.78, 5) is 36.2. The molecular formula is C11H6N2O3. The summed E-state index contributed by atoms with van der Waals surface area (Å²) >= 11 is 0. The summed E-state index contributed by atoms with van der Waals surface area (Å²) in [5.74, 6) is -1.22. The van der Waals surface area contributed by atoms with Crippen molar-refractivity contribution < 1.29 is 14.4 Å². The lowest BCUT2D eigenvalue weighted by atomic mass is 10.1. The fraction of sp³-hybridized carbons (Fsp3) is 0. The van der Waals surface area contributed by atoms with Gasteiger partial charge in [0.05, 0.1) is 5.57 Å². The Kier molecular flexibility index (Phi) is 2.45. The lowest BCUT2D eigenvalue weighted by molar-refractivity contribution is -0.123. The molecule has 0 saturated heterocycles. The van der Waals surface area contributed by atoms with Crippen molar-refractivity contribution in [3.63, 3.8) is 0 Å². The van der Waals surface area contributed by atoms with E-state index in [1.54, 1.807) is 30.3 Å². The molecule has 0 saturated carbocycles. The van der Waals surface area contributed by atoms with Crippen molar-refractivity contribution >= 4 is 23.5 Å². The van der Waals surface area contributed by atoms with Gasteiger partial charge in [-0.15, -0.1) is 0 Å². The topological polar surface area (TPSA) is 75.6 Å². The third-order valence-electron chi connectivity index (χ3n) is 2.13. The van der Waals surface area contributed by atoms with Gasteiger partial charge in [0.15, 0.2) is 5.70 Å². The molecule has 1 aromatic rings. The Morgan fingerprint density at radius 3 is 2.38 bits per heavy atom. The minimum absolute atomic E-state index is 0.106. The van der Waals surface area contributed by atoms with E-state index in [0.717, 1.165) is 0 Å². The van der Waals surface area contributed by atoms with Crippen LogP contribution in [0.15, 0.2) is 41.0 Å². The van der Waals surface area contributed by atoms with Crippen molar-refractivity contribution in [3.8, 4) is 0 Å². The molecule has 0 bridgehead atoms. The Balaban J connectivity index is 2.63. The summed E-state index contributed by atoms with van der Waals surface area (Å²) in [5.41, 5.74) is 0.458. The summed E-state index contributed by atoms with van der Waals surface area (Å²) in [6, 6.07) is 8.55. The molecule has 1 aromatic carbocycles. The molecule has 5 heteroatoms. The van der Waals surface area contributed by atoms with E-state index < -0.39 is 11.8 Å². The van der Waals surface area contributed by atoms with E-state index in [2.05, 4.69) is 10.3 Å². The molecule has 2 amide bonds. The second-order valence-electron chi connectivity index (χ2n) is 3.08. The summed E-state index contributed by atoms with van der Waals surface area (Å²) in [7, 11) is 0. The number of nitrogens with zero attached hydrogens (tertiary/aromatic N) is 1. The van der Waals surface area contributed by atoms with Crippen molar-refractivity contribution in [3.05, 3.63) is 41.6 Å². The second kappa shape index (κ2) is 3.92. The van der Waals surface area contributed by atoms with Gasteiger partial charge in [0.2, 0.25) is 6.08 Å². The first kappa shape index (κ1) is 10.0. The molecule has 1 heterocycles. The highest BCUT2D eigenvalue weighted by Gasteiger charge is 2.31. The van der Waals surface area contributed by atoms with Crippen LogP contribution in [0.3, 0.4) is 0 Å². The van der Waals surface area contributed by atoms with Crippen LogP contribution >= 0.6 is 0 Å². The Morgan fingerprint density at radius 1 is 1.06 bits per heavy atom. The third kappa shape index (κ3) is 1.55. The smallest absolute Gasteiger partial charge is 0.278 e. The molecule has 0 atom stereocenters. The first-order chi connectivity index (χ1) is 7.74. The number of imide groups is 1. The highest BCUT2D eigenvalue weighted by molar-refractivity contribution is 6.35. The van der Waals surface area contributed by atoms with Gasteiger partial charge in [0.1, 0.15) is 0 Å². The Labute approximate surface area is 90.5 Å². The molecule has 16 heavy (non-hydrogen) atoms. The van der Waals surface area contributed by atoms with Gasteiger partial charge in [-0.05, 0) is 5.56 Å². The predicted molar refractivity (Wildman–Crippen MR) is 54.6 cm³/mol. The van der Waals surface area contributed by atoms with Crippen molar-refractivity contribution in [2.75, 3.05) is 0 Å². The maximum Gasteiger partial charge on any atom is 0.278 e. The lowest BCUT2D eigenvalue weighted by Gasteiger charge is -1.98. The van der Waals surface area contributed by atoms with E-state index in [0.29, 0.717) is 5.56 Å². The maximum absolute atomic E-state index is 11.5. The Morgan fingerprint density at radius 2 is 1.75 bits per heavy atom. The maximum atomic E-state index is 11.5. The van der Waals surface area contributed by atoms with Crippen LogP contribution in [-0.4, -0.2) is 17.9 Å². The molecule has 1 aliphatic rings. The fourth-order valence-electron chi connectivity index (χ4n) is 1.47. The molecule has 0 aliphatic carbocycles. The van der Waals surface area contributed by atoms with Crippen LogP contribution in [0.4, 0.5) is 0 Å². The monoisotopic (exact) mass is 214 g/mol. The van der Waals surface area contributed by atoms with Crippen LogP contribution in [0.1, 0.15) is 5.56 Å². The van der Waals surface area contributed by atoms with Gasteiger partial charge in [-0.3, -0.25) is 14.9 Å². The first-order valence-electron chi connectivity index (χ1n) is 4.47. The van der Waals surface area contributed by atoms with Crippen LogP contribution in [0.2, 0.25) is 0 Å². The third-order valence-corrected chi connectivity index (χ3v) is 2.13. The van der Waals surface area contributed by atoms with Crippen LogP contribution in [0, 0.1) is 0 Å². The molecule has 0 aromatic heterocycles. The molecule has 1 aliphatic heterocycles. The highest BCUT2D eigenvalue weighted by Crippen LogP contribution is 2.23. The number of isocyanates is 1. The summed E-state index contributed by atoms with van der Waals surface area (Å²) in [6.45, 7) is 0. The van der Waals surface area contributed by atoms with Gasteiger partial charge in [-0.2, -0.15) is 4.99 Å². The zero-order valence-electron chi connectivity index (χ0n) is 8.06. The van der Waals surface area contributed by atoms with Crippen molar-refractivity contribution in [2.45, 2.75) is 0 Å². The van der Waals surface area contributed by atoms with Crippen LogP contribution < -0.4 is 5.32 Å². The van der Waals surface area contributed by atoms with E-state index in [1.165, 1.54) is 6.08 Å². The van der Waals surface area contributed by atoms with Gasteiger partial charge in [-0.25, -0.2) is 4.79 Å². The summed E-state index contributed by atoms with van der Waals surface area (Å²) in [6.07, 6.45) is 1.26. The Bertz CT molecular complexity index is 540. The number of carbonyl (C=O) groups excluding carboxylic acids is 3. The average molecular weight is 214 g/mol. The van der Waals surface area contributed by atoms with Crippen molar-refractivity contribution in [1.29, 1.82) is 0 Å². The molecule has 0 radical (unpaired) electrons. The number of benzene rings is 1. The molecule has 0 spiro atoms. The SMILES string of the molecule is O=C=NC1=C(c2ccccc2)C(=O)NC1=O. The van der Waals surface area contributed by atoms with Gasteiger partial charge in [-0.1, -0.05) is 30.3 Å². The Hall–Kier alpha value is -2.52. The standard InChI is InChI=1S/C11H6N2O3/c14-6-12-9-8(10(15)13-11(9)16)7-4-2-1-3-5-7/h1-5H,(H,13,15,16). The van der Waals surface area contributed by atoms with Gasteiger partial charge in [0, 0.05) is 0 Å². The van der Waals surface area contributed by atoms with Crippen molar-refractivity contribution in [1.82, 2.24) is 5.32 Å². The van der Waals surface area contributed by atoms with Crippen LogP contribution in [0.5, 0.6) is 0 Å². The number of hydrogen-bond donors (Lipinski definition) is 1. The number of amides is 2. The van der Waals surface area contributed by atoms with Crippen LogP contribution in [-0.2, 0) is 14.4 Å². The molecular weight excluding hydrogens is 208 g/mol. The van der Waals surface area contributed by atoms with Gasteiger partial charge in [0.25, 0.3) is 11.8 Å². The van der Waals surface area contributed by atoms with Gasteiger partial charge >= 0.3 is 0 Å². The average Bonchev–Trinajstić information content (AvgIpc) is 2.56. The number of carbonyl (C=O) groups is 2. The molecule has 2 rings (SSSR count). The number of aliphatic imine (C=N–C) groups is 1. The minimum atomic E-state index is -0.674. The highest BCUT2D eigenvalue weighted by atomic mass is 16.2. The first-order valence-corrected chi connectivity index (χ1v) is 4.47. The van der Waals surface area contributed by atoms with E-state index in [4.69, 9.17) is 0 Å². The lowest BCUT2D eigenvalue weighted by Crippen LogP contribution is -2.22. The zero-order chi connectivity index (χ0) is 11.5. The van der Waals surface area contributed by atoms with E-state index in [1.807, 2.05) is 0 Å². The molecule has 0 unspecified atom stereocenters. The van der Waals surface area contributed by atoms with E-state index in [-0.39, 0.29) is 11.3 Å². The number of nitrogens with one attached hydrogen (secondary N) is 1. The van der Waals surface area contributed by atoms with E-state index in [9.17, 15) is 14.4 Å². The molecule has 78 valence electrons. The quantitative estimate of drug-likeness (QED) is 0.439. The number of hydrogen-bond acceptors (Lipinski definition) is 4. The minimum Gasteiger partial charge on any atom is -0.287 e. The van der Waals surface area contributed by atoms with Crippen LogP contribution in [0.25, 0.3) is 5.57 Å². The normalized spacial score (nSPS) is 14.8. The van der Waals surface area contributed by atoms with Crippen molar-refractivity contribution in [2.24, 2.45) is 4.99 Å². The number of rotatable bonds is 2. The largest absolute Gasteiger partial charge is 0.287 e. The van der Waals surface area contributed by atoms with Gasteiger partial charge < -0.3 is 0 Å². The molecule has 0 fully saturated rings.